The van der Waals surface area contributed by atoms with Gasteiger partial charge in [0.2, 0.25) is 0 Å². The number of phenolic OH excluding ortho intramolecular Hbond substituents is 1. The molecule has 0 unspecified atom stereocenters. The molecular weight excluding hydrogens is 196 g/mol. The molecule has 1 aromatic rings. The van der Waals surface area contributed by atoms with Crippen molar-refractivity contribution in [2.75, 3.05) is 0 Å². The van der Waals surface area contributed by atoms with Crippen molar-refractivity contribution in [2.24, 2.45) is 5.73 Å². The fourth-order valence-corrected chi connectivity index (χ4v) is 1.40. The third-order valence-electron chi connectivity index (χ3n) is 2.22. The van der Waals surface area contributed by atoms with Crippen LogP contribution >= 0.6 is 0 Å². The highest BCUT2D eigenvalue weighted by Gasteiger charge is 2.15. The van der Waals surface area contributed by atoms with Crippen molar-refractivity contribution in [3.05, 3.63) is 33.9 Å². The summed E-state index contributed by atoms with van der Waals surface area (Å²) in [6, 6.07) is 4.04. The zero-order chi connectivity index (χ0) is 11.4. The van der Waals surface area contributed by atoms with Crippen LogP contribution in [-0.2, 0) is 0 Å². The van der Waals surface area contributed by atoms with Gasteiger partial charge in [-0.15, -0.1) is 0 Å². The van der Waals surface area contributed by atoms with Gasteiger partial charge in [0.15, 0.2) is 5.75 Å². The summed E-state index contributed by atoms with van der Waals surface area (Å²) >= 11 is 0. The van der Waals surface area contributed by atoms with E-state index in [9.17, 15) is 15.2 Å². The van der Waals surface area contributed by atoms with E-state index in [4.69, 9.17) is 5.73 Å². The molecule has 0 aliphatic heterocycles. The fourth-order valence-electron chi connectivity index (χ4n) is 1.40. The van der Waals surface area contributed by atoms with Gasteiger partial charge in [-0.25, -0.2) is 0 Å². The van der Waals surface area contributed by atoms with E-state index in [0.717, 1.165) is 12.8 Å². The zero-order valence-corrected chi connectivity index (χ0v) is 8.51. The van der Waals surface area contributed by atoms with Crippen LogP contribution in [0.5, 0.6) is 5.75 Å². The Balaban J connectivity index is 3.02. The number of hydrogen-bond acceptors (Lipinski definition) is 4. The average molecular weight is 210 g/mol. The highest BCUT2D eigenvalue weighted by Crippen LogP contribution is 2.29. The van der Waals surface area contributed by atoms with Crippen molar-refractivity contribution in [1.29, 1.82) is 0 Å². The highest BCUT2D eigenvalue weighted by atomic mass is 16.6. The third-order valence-corrected chi connectivity index (χ3v) is 2.22. The molecule has 1 atom stereocenters. The lowest BCUT2D eigenvalue weighted by Crippen LogP contribution is -2.09. The van der Waals surface area contributed by atoms with Crippen molar-refractivity contribution in [3.63, 3.8) is 0 Å². The maximum Gasteiger partial charge on any atom is 0.311 e. The molecule has 0 aliphatic rings. The second-order valence-corrected chi connectivity index (χ2v) is 3.40. The van der Waals surface area contributed by atoms with E-state index in [-0.39, 0.29) is 17.5 Å². The number of benzene rings is 1. The van der Waals surface area contributed by atoms with Crippen molar-refractivity contribution in [3.8, 4) is 5.75 Å². The van der Waals surface area contributed by atoms with Crippen molar-refractivity contribution in [1.82, 2.24) is 0 Å². The van der Waals surface area contributed by atoms with Crippen LogP contribution in [0.4, 0.5) is 5.69 Å². The largest absolute Gasteiger partial charge is 0.502 e. The lowest BCUT2D eigenvalue weighted by Gasteiger charge is -2.10. The van der Waals surface area contributed by atoms with Gasteiger partial charge in [-0.3, -0.25) is 10.1 Å². The number of phenols is 1. The van der Waals surface area contributed by atoms with Gasteiger partial charge in [0.05, 0.1) is 4.92 Å². The van der Waals surface area contributed by atoms with Crippen LogP contribution in [0.25, 0.3) is 0 Å². The van der Waals surface area contributed by atoms with E-state index in [0.29, 0.717) is 5.56 Å². The molecule has 15 heavy (non-hydrogen) atoms. The van der Waals surface area contributed by atoms with Crippen molar-refractivity contribution in [2.45, 2.75) is 25.8 Å². The third kappa shape index (κ3) is 2.66. The minimum absolute atomic E-state index is 0.214. The van der Waals surface area contributed by atoms with Gasteiger partial charge in [0.25, 0.3) is 0 Å². The number of hydrogen-bond donors (Lipinski definition) is 2. The van der Waals surface area contributed by atoms with Gasteiger partial charge in [-0.05, 0) is 18.1 Å². The first kappa shape index (κ1) is 11.5. The standard InChI is InChI=1S/C10H14N2O3/c1-2-3-8(11)7-4-5-10(13)9(6-7)12(14)15/h4-6,8,13H,2-3,11H2,1H3/t8-/m0/s1. The maximum absolute atomic E-state index is 10.6. The van der Waals surface area contributed by atoms with Crippen LogP contribution in [-0.4, -0.2) is 10.0 Å². The zero-order valence-electron chi connectivity index (χ0n) is 8.51. The Morgan fingerprint density at radius 2 is 2.27 bits per heavy atom. The first-order valence-corrected chi connectivity index (χ1v) is 4.79. The molecule has 0 saturated heterocycles. The summed E-state index contributed by atoms with van der Waals surface area (Å²) in [5.41, 5.74) is 6.21. The van der Waals surface area contributed by atoms with E-state index < -0.39 is 4.92 Å². The molecule has 0 saturated carbocycles. The van der Waals surface area contributed by atoms with Gasteiger partial charge in [0.1, 0.15) is 0 Å². The molecule has 1 rings (SSSR count). The van der Waals surface area contributed by atoms with Crippen LogP contribution < -0.4 is 5.73 Å². The molecule has 0 heterocycles. The van der Waals surface area contributed by atoms with Crippen molar-refractivity contribution < 1.29 is 10.0 Å². The first-order chi connectivity index (χ1) is 7.06. The number of nitrogens with two attached hydrogens (primary N) is 1. The monoisotopic (exact) mass is 210 g/mol. The molecule has 0 bridgehead atoms. The molecule has 0 fully saturated rings. The topological polar surface area (TPSA) is 89.4 Å². The van der Waals surface area contributed by atoms with Crippen LogP contribution in [0.3, 0.4) is 0 Å². The van der Waals surface area contributed by atoms with Gasteiger partial charge in [0, 0.05) is 12.1 Å². The van der Waals surface area contributed by atoms with E-state index >= 15 is 0 Å². The fraction of sp³-hybridized carbons (Fsp3) is 0.400. The lowest BCUT2D eigenvalue weighted by molar-refractivity contribution is -0.385. The molecule has 82 valence electrons. The number of nitro benzene ring substituents is 1. The lowest BCUT2D eigenvalue weighted by atomic mass is 10.0. The van der Waals surface area contributed by atoms with Crippen LogP contribution in [0, 0.1) is 10.1 Å². The Morgan fingerprint density at radius 1 is 1.60 bits per heavy atom. The molecule has 0 spiro atoms. The first-order valence-electron chi connectivity index (χ1n) is 4.79. The van der Waals surface area contributed by atoms with Gasteiger partial charge in [-0.1, -0.05) is 19.4 Å². The Morgan fingerprint density at radius 3 is 2.80 bits per heavy atom. The molecule has 0 radical (unpaired) electrons. The SMILES string of the molecule is CCC[C@H](N)c1ccc(O)c([N+](=O)[O-])c1. The summed E-state index contributed by atoms with van der Waals surface area (Å²) in [5.74, 6) is -0.326. The second-order valence-electron chi connectivity index (χ2n) is 3.40. The quantitative estimate of drug-likeness (QED) is 0.588. The Hall–Kier alpha value is -1.62. The Labute approximate surface area is 87.7 Å². The molecule has 3 N–H and O–H groups in total. The molecular formula is C10H14N2O3. The molecule has 0 amide bonds. The molecule has 5 heteroatoms. The van der Waals surface area contributed by atoms with Gasteiger partial charge < -0.3 is 10.8 Å². The van der Waals surface area contributed by atoms with Crippen LogP contribution in [0.15, 0.2) is 18.2 Å². The summed E-state index contributed by atoms with van der Waals surface area (Å²) in [6.45, 7) is 1.99. The summed E-state index contributed by atoms with van der Waals surface area (Å²) in [7, 11) is 0. The minimum atomic E-state index is -0.614. The molecule has 1 aromatic carbocycles. The normalized spacial score (nSPS) is 12.4. The summed E-state index contributed by atoms with van der Waals surface area (Å²) in [6.07, 6.45) is 1.68. The minimum Gasteiger partial charge on any atom is -0.502 e. The molecule has 0 aromatic heterocycles. The predicted molar refractivity (Wildman–Crippen MR) is 56.6 cm³/mol. The Bertz CT molecular complexity index is 366. The van der Waals surface area contributed by atoms with Crippen LogP contribution in [0.1, 0.15) is 31.4 Å². The number of nitro groups is 1. The smallest absolute Gasteiger partial charge is 0.311 e. The average Bonchev–Trinajstić information content (AvgIpc) is 2.18. The van der Waals surface area contributed by atoms with E-state index in [2.05, 4.69) is 0 Å². The maximum atomic E-state index is 10.6. The van der Waals surface area contributed by atoms with Crippen LogP contribution in [0.2, 0.25) is 0 Å². The molecule has 0 aliphatic carbocycles. The summed E-state index contributed by atoms with van der Waals surface area (Å²) in [4.78, 5) is 9.95. The van der Waals surface area contributed by atoms with Gasteiger partial charge in [-0.2, -0.15) is 0 Å². The van der Waals surface area contributed by atoms with E-state index in [1.807, 2.05) is 6.92 Å². The highest BCUT2D eigenvalue weighted by molar-refractivity contribution is 5.48. The Kier molecular flexibility index (Phi) is 3.62. The summed E-state index contributed by atoms with van der Waals surface area (Å²) < 4.78 is 0. The van der Waals surface area contributed by atoms with E-state index in [1.165, 1.54) is 12.1 Å². The number of rotatable bonds is 4. The predicted octanol–water partition coefficient (Wildman–Crippen LogP) is 2.10. The second kappa shape index (κ2) is 4.75. The van der Waals surface area contributed by atoms with E-state index in [1.54, 1.807) is 6.07 Å². The van der Waals surface area contributed by atoms with Crippen molar-refractivity contribution >= 4 is 5.69 Å². The number of nitrogens with zero attached hydrogens (tertiary/aromatic N) is 1. The summed E-state index contributed by atoms with van der Waals surface area (Å²) in [5, 5.41) is 19.8. The number of aromatic hydroxyl groups is 1. The van der Waals surface area contributed by atoms with Gasteiger partial charge >= 0.3 is 5.69 Å². The molecule has 5 nitrogen and oxygen atoms in total.